The van der Waals surface area contributed by atoms with Crippen LogP contribution in [0.2, 0.25) is 0 Å². The summed E-state index contributed by atoms with van der Waals surface area (Å²) in [6.45, 7) is 0. The van der Waals surface area contributed by atoms with Crippen molar-refractivity contribution >= 4 is 5.78 Å². The standard InChI is InChI=1S/C17H24O/c18-16-12-3-1-2-4-15(16)17-11-6-5-10(9-11)13(17)7-8-14(12)17/h10-15H,1-9H2/t10-,11-,12-,13-,14-,15+,17+/m0/s1. The molecular weight excluding hydrogens is 220 g/mol. The lowest BCUT2D eigenvalue weighted by molar-refractivity contribution is -0.126. The van der Waals surface area contributed by atoms with Crippen LogP contribution in [0.15, 0.2) is 0 Å². The Morgan fingerprint density at radius 3 is 2.67 bits per heavy atom. The first-order chi connectivity index (χ1) is 8.83. The van der Waals surface area contributed by atoms with Crippen LogP contribution in [0.1, 0.15) is 57.8 Å². The summed E-state index contributed by atoms with van der Waals surface area (Å²) in [4.78, 5) is 12.8. The molecule has 98 valence electrons. The molecule has 0 heterocycles. The monoisotopic (exact) mass is 244 g/mol. The molecule has 0 aromatic carbocycles. The maximum atomic E-state index is 12.8. The zero-order valence-electron chi connectivity index (χ0n) is 11.2. The lowest BCUT2D eigenvalue weighted by atomic mass is 9.58. The highest BCUT2D eigenvalue weighted by atomic mass is 16.1. The first-order valence-corrected chi connectivity index (χ1v) is 8.37. The van der Waals surface area contributed by atoms with E-state index in [0.29, 0.717) is 17.3 Å². The summed E-state index contributed by atoms with van der Waals surface area (Å²) in [5.41, 5.74) is 0.547. The number of hydrogen-bond donors (Lipinski definition) is 0. The predicted molar refractivity (Wildman–Crippen MR) is 69.9 cm³/mol. The molecule has 5 aliphatic carbocycles. The Bertz CT molecular complexity index is 414. The molecule has 0 saturated heterocycles. The van der Waals surface area contributed by atoms with Gasteiger partial charge in [0.05, 0.1) is 0 Å². The van der Waals surface area contributed by atoms with Gasteiger partial charge in [-0.2, -0.15) is 0 Å². The van der Waals surface area contributed by atoms with E-state index in [9.17, 15) is 4.79 Å². The van der Waals surface area contributed by atoms with Gasteiger partial charge in [-0.05, 0) is 74.0 Å². The molecule has 5 fully saturated rings. The molecule has 5 rings (SSSR count). The molecule has 0 N–H and O–H groups in total. The fraction of sp³-hybridized carbons (Fsp3) is 0.941. The van der Waals surface area contributed by atoms with Crippen LogP contribution in [0, 0.1) is 40.9 Å². The van der Waals surface area contributed by atoms with E-state index in [-0.39, 0.29) is 0 Å². The minimum Gasteiger partial charge on any atom is -0.299 e. The maximum absolute atomic E-state index is 12.8. The van der Waals surface area contributed by atoms with Gasteiger partial charge in [-0.1, -0.05) is 12.8 Å². The van der Waals surface area contributed by atoms with Crippen molar-refractivity contribution in [2.45, 2.75) is 57.8 Å². The van der Waals surface area contributed by atoms with Crippen molar-refractivity contribution in [2.75, 3.05) is 0 Å². The summed E-state index contributed by atoms with van der Waals surface area (Å²) < 4.78 is 0. The molecule has 0 amide bonds. The highest BCUT2D eigenvalue weighted by Crippen LogP contribution is 2.76. The van der Waals surface area contributed by atoms with Crippen LogP contribution in [-0.2, 0) is 4.79 Å². The topological polar surface area (TPSA) is 17.1 Å². The van der Waals surface area contributed by atoms with Gasteiger partial charge < -0.3 is 0 Å². The highest BCUT2D eigenvalue weighted by Gasteiger charge is 2.73. The second kappa shape index (κ2) is 3.22. The Morgan fingerprint density at radius 1 is 0.889 bits per heavy atom. The molecule has 0 unspecified atom stereocenters. The maximum Gasteiger partial charge on any atom is 0.139 e. The SMILES string of the molecule is O=C1[C@H]2CCCC[C@H]1[C@]13[C@H]4CC[C@@H](C4)[C@@H]1CC[C@@H]23. The van der Waals surface area contributed by atoms with Gasteiger partial charge in [-0.15, -0.1) is 0 Å². The van der Waals surface area contributed by atoms with Gasteiger partial charge in [-0.25, -0.2) is 0 Å². The van der Waals surface area contributed by atoms with Crippen LogP contribution >= 0.6 is 0 Å². The summed E-state index contributed by atoms with van der Waals surface area (Å²) in [6, 6.07) is 0. The number of carbonyl (C=O) groups excluding carboxylic acids is 1. The average molecular weight is 244 g/mol. The van der Waals surface area contributed by atoms with Crippen molar-refractivity contribution < 1.29 is 4.79 Å². The number of hydrogen-bond acceptors (Lipinski definition) is 1. The Kier molecular flexibility index (Phi) is 1.87. The Labute approximate surface area is 110 Å². The summed E-state index contributed by atoms with van der Waals surface area (Å²) in [5, 5.41) is 0. The molecule has 5 saturated carbocycles. The van der Waals surface area contributed by atoms with Crippen molar-refractivity contribution in [3.05, 3.63) is 0 Å². The molecule has 1 spiro atoms. The molecule has 5 aliphatic rings. The molecule has 0 aromatic heterocycles. The van der Waals surface area contributed by atoms with E-state index >= 15 is 0 Å². The third-order valence-electron chi connectivity index (χ3n) is 7.88. The van der Waals surface area contributed by atoms with Crippen LogP contribution in [-0.4, -0.2) is 5.78 Å². The van der Waals surface area contributed by atoms with E-state index in [0.717, 1.165) is 29.5 Å². The third kappa shape index (κ3) is 0.916. The van der Waals surface area contributed by atoms with E-state index in [2.05, 4.69) is 0 Å². The Balaban J connectivity index is 1.68. The first-order valence-electron chi connectivity index (χ1n) is 8.37. The van der Waals surface area contributed by atoms with Gasteiger partial charge >= 0.3 is 0 Å². The van der Waals surface area contributed by atoms with Crippen LogP contribution in [0.4, 0.5) is 0 Å². The van der Waals surface area contributed by atoms with Crippen LogP contribution in [0.5, 0.6) is 0 Å². The summed E-state index contributed by atoms with van der Waals surface area (Å²) in [6.07, 6.45) is 12.5. The van der Waals surface area contributed by atoms with Crippen LogP contribution < -0.4 is 0 Å². The van der Waals surface area contributed by atoms with Gasteiger partial charge in [0, 0.05) is 11.8 Å². The minimum absolute atomic E-state index is 0.502. The minimum atomic E-state index is 0.502. The van der Waals surface area contributed by atoms with Crippen molar-refractivity contribution in [1.82, 2.24) is 0 Å². The van der Waals surface area contributed by atoms with Gasteiger partial charge in [0.15, 0.2) is 0 Å². The molecular formula is C17H24O. The lowest BCUT2D eigenvalue weighted by Gasteiger charge is -2.45. The average Bonchev–Trinajstić information content (AvgIpc) is 3.02. The third-order valence-corrected chi connectivity index (χ3v) is 7.88. The summed E-state index contributed by atoms with van der Waals surface area (Å²) >= 11 is 0. The van der Waals surface area contributed by atoms with Crippen molar-refractivity contribution in [2.24, 2.45) is 40.9 Å². The molecule has 0 aromatic rings. The zero-order valence-corrected chi connectivity index (χ0v) is 11.2. The largest absolute Gasteiger partial charge is 0.299 e. The molecule has 7 atom stereocenters. The van der Waals surface area contributed by atoms with Crippen LogP contribution in [0.25, 0.3) is 0 Å². The molecule has 1 nitrogen and oxygen atoms in total. The zero-order chi connectivity index (χ0) is 11.9. The van der Waals surface area contributed by atoms with Gasteiger partial charge in [0.2, 0.25) is 0 Å². The normalized spacial score (nSPS) is 60.8. The Hall–Kier alpha value is -0.330. The number of rotatable bonds is 0. The number of carbonyl (C=O) groups is 1. The molecule has 0 radical (unpaired) electrons. The molecule has 4 bridgehead atoms. The van der Waals surface area contributed by atoms with Crippen molar-refractivity contribution in [1.29, 1.82) is 0 Å². The van der Waals surface area contributed by atoms with Gasteiger partial charge in [0.1, 0.15) is 5.78 Å². The van der Waals surface area contributed by atoms with Crippen molar-refractivity contribution in [3.8, 4) is 0 Å². The van der Waals surface area contributed by atoms with E-state index in [4.69, 9.17) is 0 Å². The first kappa shape index (κ1) is 10.5. The lowest BCUT2D eigenvalue weighted by Crippen LogP contribution is -2.41. The summed E-state index contributed by atoms with van der Waals surface area (Å²) in [7, 11) is 0. The smallest absolute Gasteiger partial charge is 0.139 e. The van der Waals surface area contributed by atoms with E-state index < -0.39 is 0 Å². The summed E-state index contributed by atoms with van der Waals surface area (Å²) in [5.74, 6) is 5.52. The second-order valence-electron chi connectivity index (χ2n) is 7.91. The van der Waals surface area contributed by atoms with Gasteiger partial charge in [0.25, 0.3) is 0 Å². The van der Waals surface area contributed by atoms with E-state index in [1.165, 1.54) is 57.8 Å². The fourth-order valence-electron chi connectivity index (χ4n) is 7.72. The molecule has 1 heteroatoms. The molecule has 0 aliphatic heterocycles. The Morgan fingerprint density at radius 2 is 1.72 bits per heavy atom. The number of Topliss-reactive ketones (excluding diaryl/α,β-unsaturated/α-hetero) is 1. The highest BCUT2D eigenvalue weighted by molar-refractivity contribution is 5.88. The van der Waals surface area contributed by atoms with Crippen molar-refractivity contribution in [3.63, 3.8) is 0 Å². The predicted octanol–water partition coefficient (Wildman–Crippen LogP) is 3.82. The number of fused-ring (bicyclic) bond motifs is 6. The van der Waals surface area contributed by atoms with E-state index in [1.54, 1.807) is 0 Å². The number of ketones is 1. The van der Waals surface area contributed by atoms with E-state index in [1.807, 2.05) is 0 Å². The quantitative estimate of drug-likeness (QED) is 0.633. The molecule has 18 heavy (non-hydrogen) atoms. The van der Waals surface area contributed by atoms with Crippen LogP contribution in [0.3, 0.4) is 0 Å². The second-order valence-corrected chi connectivity index (χ2v) is 7.91. The fourth-order valence-corrected chi connectivity index (χ4v) is 7.72. The van der Waals surface area contributed by atoms with Gasteiger partial charge in [-0.3, -0.25) is 4.79 Å².